The minimum Gasteiger partial charge on any atom is -0.435 e. The molecule has 0 saturated heterocycles. The summed E-state index contributed by atoms with van der Waals surface area (Å²) >= 11 is 0. The van der Waals surface area contributed by atoms with Gasteiger partial charge >= 0.3 is 6.61 Å². The molecule has 1 aliphatic carbocycles. The number of carbonyl (C=O) groups is 2. The van der Waals surface area contributed by atoms with Gasteiger partial charge in [0.05, 0.1) is 5.92 Å². The summed E-state index contributed by atoms with van der Waals surface area (Å²) in [7, 11) is 0. The first-order chi connectivity index (χ1) is 15.0. The number of benzene rings is 2. The summed E-state index contributed by atoms with van der Waals surface area (Å²) in [6.45, 7) is -2.04. The highest BCUT2D eigenvalue weighted by Crippen LogP contribution is 2.36. The normalized spacial score (nSPS) is 20.4. The molecule has 2 atom stereocenters. The smallest absolute Gasteiger partial charge is 0.387 e. The lowest BCUT2D eigenvalue weighted by Gasteiger charge is -2.32. The highest BCUT2D eigenvalue weighted by molar-refractivity contribution is 5.99. The fourth-order valence-electron chi connectivity index (χ4n) is 4.66. The zero-order valence-corrected chi connectivity index (χ0v) is 17.2. The summed E-state index contributed by atoms with van der Waals surface area (Å²) in [4.78, 5) is 28.2. The molecule has 0 spiro atoms. The van der Waals surface area contributed by atoms with Gasteiger partial charge in [-0.05, 0) is 48.6 Å². The first kappa shape index (κ1) is 21.3. The average molecular weight is 428 g/mol. The highest BCUT2D eigenvalue weighted by atomic mass is 19.3. The van der Waals surface area contributed by atoms with Crippen LogP contribution >= 0.6 is 0 Å². The van der Waals surface area contributed by atoms with Crippen LogP contribution in [-0.2, 0) is 22.6 Å². The molecular formula is C24H26F2N2O3. The van der Waals surface area contributed by atoms with Crippen LogP contribution in [0, 0.1) is 11.8 Å². The second-order valence-electron chi connectivity index (χ2n) is 8.11. The number of hydrogen-bond acceptors (Lipinski definition) is 3. The third-order valence-corrected chi connectivity index (χ3v) is 6.16. The summed E-state index contributed by atoms with van der Waals surface area (Å²) in [6, 6.07) is 14.2. The quantitative estimate of drug-likeness (QED) is 0.746. The van der Waals surface area contributed by atoms with Gasteiger partial charge in [-0.3, -0.25) is 9.59 Å². The van der Waals surface area contributed by atoms with E-state index in [0.717, 1.165) is 24.9 Å². The van der Waals surface area contributed by atoms with Gasteiger partial charge in [-0.2, -0.15) is 8.78 Å². The van der Waals surface area contributed by atoms with Crippen LogP contribution in [0.5, 0.6) is 5.75 Å². The summed E-state index contributed by atoms with van der Waals surface area (Å²) in [5.74, 6) is -0.800. The SMILES string of the molecule is O=C(NCc1cccc(OC(F)F)c1)C1CCCCC1C(=O)N1CCc2ccccc21. The molecule has 164 valence electrons. The Kier molecular flexibility index (Phi) is 6.49. The second kappa shape index (κ2) is 9.45. The molecule has 1 saturated carbocycles. The molecule has 1 N–H and O–H groups in total. The van der Waals surface area contributed by atoms with Crippen LogP contribution in [-0.4, -0.2) is 25.0 Å². The van der Waals surface area contributed by atoms with E-state index in [0.29, 0.717) is 24.9 Å². The van der Waals surface area contributed by atoms with Crippen molar-refractivity contribution in [3.8, 4) is 5.75 Å². The van der Waals surface area contributed by atoms with Crippen molar-refractivity contribution in [3.63, 3.8) is 0 Å². The lowest BCUT2D eigenvalue weighted by molar-refractivity contribution is -0.135. The number of para-hydroxylation sites is 1. The van der Waals surface area contributed by atoms with Crippen LogP contribution in [0.15, 0.2) is 48.5 Å². The van der Waals surface area contributed by atoms with Gasteiger partial charge in [0.1, 0.15) is 5.75 Å². The zero-order chi connectivity index (χ0) is 21.8. The number of amides is 2. The van der Waals surface area contributed by atoms with Crippen molar-refractivity contribution >= 4 is 17.5 Å². The standard InChI is InChI=1S/C24H26F2N2O3/c25-24(26)31-18-8-5-6-16(14-18)15-27-22(29)19-9-2-3-10-20(19)23(30)28-13-12-17-7-1-4-11-21(17)28/h1,4-8,11,14,19-20,24H,2-3,9-10,12-13,15H2,(H,27,29). The van der Waals surface area contributed by atoms with E-state index in [1.165, 1.54) is 17.7 Å². The number of alkyl halides is 2. The van der Waals surface area contributed by atoms with Gasteiger partial charge in [-0.25, -0.2) is 0 Å². The Balaban J connectivity index is 1.42. The Morgan fingerprint density at radius 2 is 1.84 bits per heavy atom. The molecule has 2 unspecified atom stereocenters. The number of rotatable bonds is 6. The van der Waals surface area contributed by atoms with Crippen LogP contribution < -0.4 is 15.0 Å². The van der Waals surface area contributed by atoms with E-state index in [1.54, 1.807) is 12.1 Å². The van der Waals surface area contributed by atoms with E-state index < -0.39 is 6.61 Å². The zero-order valence-electron chi connectivity index (χ0n) is 17.2. The maximum atomic E-state index is 13.4. The van der Waals surface area contributed by atoms with E-state index in [4.69, 9.17) is 0 Å². The Morgan fingerprint density at radius 1 is 1.06 bits per heavy atom. The number of ether oxygens (including phenoxy) is 1. The molecule has 0 bridgehead atoms. The van der Waals surface area contributed by atoms with Gasteiger partial charge in [0.2, 0.25) is 11.8 Å². The first-order valence-electron chi connectivity index (χ1n) is 10.7. The first-order valence-corrected chi connectivity index (χ1v) is 10.7. The molecule has 7 heteroatoms. The van der Waals surface area contributed by atoms with Crippen molar-refractivity contribution in [2.45, 2.75) is 45.3 Å². The van der Waals surface area contributed by atoms with Crippen LogP contribution in [0.2, 0.25) is 0 Å². The largest absolute Gasteiger partial charge is 0.435 e. The molecule has 2 aromatic carbocycles. The molecule has 2 aromatic rings. The Labute approximate surface area is 180 Å². The molecule has 0 aromatic heterocycles. The minimum atomic E-state index is -2.89. The number of halogens is 2. The van der Waals surface area contributed by atoms with E-state index in [1.807, 2.05) is 29.2 Å². The second-order valence-corrected chi connectivity index (χ2v) is 8.11. The predicted octanol–water partition coefficient (Wildman–Crippen LogP) is 4.30. The summed E-state index contributed by atoms with van der Waals surface area (Å²) in [5.41, 5.74) is 2.78. The van der Waals surface area contributed by atoms with Gasteiger partial charge in [0.25, 0.3) is 0 Å². The van der Waals surface area contributed by atoms with Crippen molar-refractivity contribution in [3.05, 3.63) is 59.7 Å². The molecule has 0 radical (unpaired) electrons. The molecule has 1 aliphatic heterocycles. The third kappa shape index (κ3) is 4.86. The van der Waals surface area contributed by atoms with Crippen molar-refractivity contribution in [1.82, 2.24) is 5.32 Å². The van der Waals surface area contributed by atoms with E-state index in [9.17, 15) is 18.4 Å². The molecule has 1 fully saturated rings. The average Bonchev–Trinajstić information content (AvgIpc) is 3.21. The number of nitrogens with zero attached hydrogens (tertiary/aromatic N) is 1. The number of anilines is 1. The molecule has 1 heterocycles. The number of nitrogens with one attached hydrogen (secondary N) is 1. The topological polar surface area (TPSA) is 58.6 Å². The van der Waals surface area contributed by atoms with Gasteiger partial charge < -0.3 is 15.0 Å². The molecule has 4 rings (SSSR count). The Hall–Kier alpha value is -2.96. The monoisotopic (exact) mass is 428 g/mol. The summed E-state index contributed by atoms with van der Waals surface area (Å²) in [5, 5.41) is 2.89. The van der Waals surface area contributed by atoms with Crippen molar-refractivity contribution in [2.75, 3.05) is 11.4 Å². The maximum absolute atomic E-state index is 13.4. The molecular weight excluding hydrogens is 402 g/mol. The fraction of sp³-hybridized carbons (Fsp3) is 0.417. The van der Waals surface area contributed by atoms with Crippen molar-refractivity contribution in [1.29, 1.82) is 0 Å². The molecule has 2 aliphatic rings. The number of hydrogen-bond donors (Lipinski definition) is 1. The van der Waals surface area contributed by atoms with Gasteiger partial charge in [0.15, 0.2) is 0 Å². The van der Waals surface area contributed by atoms with E-state index in [-0.39, 0.29) is 35.9 Å². The lowest BCUT2D eigenvalue weighted by Crippen LogP contribution is -2.45. The van der Waals surface area contributed by atoms with Crippen molar-refractivity contribution < 1.29 is 23.1 Å². The Morgan fingerprint density at radius 3 is 2.65 bits per heavy atom. The van der Waals surface area contributed by atoms with Gasteiger partial charge in [-0.15, -0.1) is 0 Å². The minimum absolute atomic E-state index is 0.0251. The fourth-order valence-corrected chi connectivity index (χ4v) is 4.66. The number of carbonyl (C=O) groups excluding carboxylic acids is 2. The maximum Gasteiger partial charge on any atom is 0.387 e. The summed E-state index contributed by atoms with van der Waals surface area (Å²) in [6.07, 6.45) is 4.06. The summed E-state index contributed by atoms with van der Waals surface area (Å²) < 4.78 is 29.3. The predicted molar refractivity (Wildman–Crippen MR) is 113 cm³/mol. The molecule has 2 amide bonds. The lowest BCUT2D eigenvalue weighted by atomic mass is 9.77. The molecule has 5 nitrogen and oxygen atoms in total. The highest BCUT2D eigenvalue weighted by Gasteiger charge is 2.39. The van der Waals surface area contributed by atoms with E-state index >= 15 is 0 Å². The third-order valence-electron chi connectivity index (χ3n) is 6.16. The van der Waals surface area contributed by atoms with E-state index in [2.05, 4.69) is 10.1 Å². The number of fused-ring (bicyclic) bond motifs is 1. The van der Waals surface area contributed by atoms with Crippen LogP contribution in [0.1, 0.15) is 36.8 Å². The van der Waals surface area contributed by atoms with Crippen LogP contribution in [0.4, 0.5) is 14.5 Å². The van der Waals surface area contributed by atoms with Crippen LogP contribution in [0.25, 0.3) is 0 Å². The van der Waals surface area contributed by atoms with Crippen molar-refractivity contribution in [2.24, 2.45) is 11.8 Å². The Bertz CT molecular complexity index is 950. The molecule has 31 heavy (non-hydrogen) atoms. The van der Waals surface area contributed by atoms with Gasteiger partial charge in [-0.1, -0.05) is 43.2 Å². The van der Waals surface area contributed by atoms with Crippen LogP contribution in [0.3, 0.4) is 0 Å². The van der Waals surface area contributed by atoms with Gasteiger partial charge in [0, 0.05) is 24.7 Å².